The van der Waals surface area contributed by atoms with Gasteiger partial charge in [0.1, 0.15) is 0 Å². The molecule has 0 aliphatic heterocycles. The molecule has 2 heteroatoms. The van der Waals surface area contributed by atoms with Crippen molar-refractivity contribution in [2.24, 2.45) is 0 Å². The summed E-state index contributed by atoms with van der Waals surface area (Å²) in [7, 11) is 0. The first-order valence-corrected chi connectivity index (χ1v) is 7.27. The summed E-state index contributed by atoms with van der Waals surface area (Å²) < 4.78 is 0. The molecule has 0 spiro atoms. The lowest BCUT2D eigenvalue weighted by Gasteiger charge is -2.20. The highest BCUT2D eigenvalue weighted by molar-refractivity contribution is 5.81. The van der Waals surface area contributed by atoms with Gasteiger partial charge in [-0.15, -0.1) is 0 Å². The number of pyridine rings is 2. The Hall–Kier alpha value is -2.22. The maximum atomic E-state index is 4.60. The summed E-state index contributed by atoms with van der Waals surface area (Å²) in [6.45, 7) is 8.85. The predicted molar refractivity (Wildman–Crippen MR) is 88.4 cm³/mol. The summed E-state index contributed by atoms with van der Waals surface area (Å²) in [5.74, 6) is 0. The van der Waals surface area contributed by atoms with Crippen LogP contribution in [0.1, 0.15) is 31.9 Å². The summed E-state index contributed by atoms with van der Waals surface area (Å²) in [6, 6.07) is 12.7. The molecule has 0 aliphatic carbocycles. The van der Waals surface area contributed by atoms with E-state index >= 15 is 0 Å². The van der Waals surface area contributed by atoms with E-state index in [-0.39, 0.29) is 5.41 Å². The van der Waals surface area contributed by atoms with Crippen molar-refractivity contribution in [2.45, 2.75) is 33.1 Å². The van der Waals surface area contributed by atoms with Crippen LogP contribution in [-0.2, 0) is 5.41 Å². The van der Waals surface area contributed by atoms with Crippen molar-refractivity contribution in [1.82, 2.24) is 9.97 Å². The van der Waals surface area contributed by atoms with Gasteiger partial charge < -0.3 is 0 Å². The van der Waals surface area contributed by atoms with Gasteiger partial charge in [0.05, 0.1) is 11.2 Å². The minimum Gasteiger partial charge on any atom is -0.256 e. The zero-order valence-corrected chi connectivity index (χ0v) is 13.0. The van der Waals surface area contributed by atoms with Gasteiger partial charge in [-0.2, -0.15) is 0 Å². The van der Waals surface area contributed by atoms with E-state index < -0.39 is 0 Å². The Kier molecular flexibility index (Phi) is 3.25. The fourth-order valence-corrected chi connectivity index (χ4v) is 2.49. The number of hydrogen-bond acceptors (Lipinski definition) is 2. The van der Waals surface area contributed by atoms with Gasteiger partial charge in [-0.25, -0.2) is 0 Å². The molecule has 0 atom stereocenters. The average Bonchev–Trinajstić information content (AvgIpc) is 2.45. The van der Waals surface area contributed by atoms with Crippen LogP contribution in [0.2, 0.25) is 0 Å². The van der Waals surface area contributed by atoms with Gasteiger partial charge >= 0.3 is 0 Å². The van der Waals surface area contributed by atoms with Crippen LogP contribution in [0, 0.1) is 6.92 Å². The van der Waals surface area contributed by atoms with Crippen LogP contribution in [0.15, 0.2) is 48.8 Å². The van der Waals surface area contributed by atoms with Crippen molar-refractivity contribution < 1.29 is 0 Å². The van der Waals surface area contributed by atoms with Gasteiger partial charge in [0.25, 0.3) is 0 Å². The van der Waals surface area contributed by atoms with E-state index in [1.54, 1.807) is 0 Å². The second-order valence-corrected chi connectivity index (χ2v) is 6.60. The highest BCUT2D eigenvalue weighted by Crippen LogP contribution is 2.29. The van der Waals surface area contributed by atoms with Crippen LogP contribution in [0.25, 0.3) is 22.2 Å². The van der Waals surface area contributed by atoms with Gasteiger partial charge in [-0.3, -0.25) is 9.97 Å². The van der Waals surface area contributed by atoms with Gasteiger partial charge in [-0.05, 0) is 48.2 Å². The SMILES string of the molecule is Cc1cc(-c2cc3ncccc3cn2)cc(C(C)(C)C)c1. The largest absolute Gasteiger partial charge is 0.256 e. The van der Waals surface area contributed by atoms with Crippen LogP contribution in [0.4, 0.5) is 0 Å². The third kappa shape index (κ3) is 2.80. The molecule has 2 aromatic heterocycles. The minimum atomic E-state index is 0.135. The summed E-state index contributed by atoms with van der Waals surface area (Å²) >= 11 is 0. The summed E-state index contributed by atoms with van der Waals surface area (Å²) in [5.41, 5.74) is 5.86. The van der Waals surface area contributed by atoms with E-state index in [2.05, 4.69) is 61.9 Å². The summed E-state index contributed by atoms with van der Waals surface area (Å²) in [5, 5.41) is 1.07. The van der Waals surface area contributed by atoms with Crippen LogP contribution in [0.5, 0.6) is 0 Å². The highest BCUT2D eigenvalue weighted by atomic mass is 14.7. The van der Waals surface area contributed by atoms with Crippen molar-refractivity contribution in [3.05, 3.63) is 59.9 Å². The molecule has 0 radical (unpaired) electrons. The number of fused-ring (bicyclic) bond motifs is 1. The zero-order valence-electron chi connectivity index (χ0n) is 13.0. The molecule has 3 aromatic rings. The lowest BCUT2D eigenvalue weighted by Crippen LogP contribution is -2.11. The smallest absolute Gasteiger partial charge is 0.0739 e. The standard InChI is InChI=1S/C19H20N2/c1-13-8-15(10-16(9-13)19(2,3)4)18-11-17-14(12-21-18)6-5-7-20-17/h5-12H,1-4H3. The fourth-order valence-electron chi connectivity index (χ4n) is 2.49. The minimum absolute atomic E-state index is 0.135. The molecule has 0 amide bonds. The van der Waals surface area contributed by atoms with Crippen LogP contribution in [0.3, 0.4) is 0 Å². The summed E-state index contributed by atoms with van der Waals surface area (Å²) in [4.78, 5) is 9.02. The first-order valence-electron chi connectivity index (χ1n) is 7.27. The zero-order chi connectivity index (χ0) is 15.0. The van der Waals surface area contributed by atoms with E-state index in [0.29, 0.717) is 0 Å². The number of benzene rings is 1. The molecule has 0 fully saturated rings. The Morgan fingerprint density at radius 3 is 2.52 bits per heavy atom. The average molecular weight is 276 g/mol. The number of aryl methyl sites for hydroxylation is 1. The molecule has 3 rings (SSSR count). The van der Waals surface area contributed by atoms with Crippen LogP contribution >= 0.6 is 0 Å². The Balaban J connectivity index is 2.16. The summed E-state index contributed by atoms with van der Waals surface area (Å²) in [6.07, 6.45) is 3.72. The van der Waals surface area contributed by atoms with E-state index in [9.17, 15) is 0 Å². The van der Waals surface area contributed by atoms with Crippen molar-refractivity contribution in [1.29, 1.82) is 0 Å². The number of nitrogens with zero attached hydrogens (tertiary/aromatic N) is 2. The van der Waals surface area contributed by atoms with Crippen molar-refractivity contribution in [3.8, 4) is 11.3 Å². The third-order valence-corrected chi connectivity index (χ3v) is 3.73. The van der Waals surface area contributed by atoms with Crippen LogP contribution < -0.4 is 0 Å². The highest BCUT2D eigenvalue weighted by Gasteiger charge is 2.15. The Morgan fingerprint density at radius 2 is 1.76 bits per heavy atom. The van der Waals surface area contributed by atoms with Crippen molar-refractivity contribution in [3.63, 3.8) is 0 Å². The molecule has 0 unspecified atom stereocenters. The lowest BCUT2D eigenvalue weighted by molar-refractivity contribution is 0.590. The maximum absolute atomic E-state index is 4.60. The second kappa shape index (κ2) is 4.96. The molecule has 0 saturated carbocycles. The molecular weight excluding hydrogens is 256 g/mol. The molecule has 1 aromatic carbocycles. The van der Waals surface area contributed by atoms with E-state index in [0.717, 1.165) is 22.2 Å². The van der Waals surface area contributed by atoms with Crippen molar-refractivity contribution >= 4 is 10.9 Å². The van der Waals surface area contributed by atoms with E-state index in [1.807, 2.05) is 24.5 Å². The molecule has 21 heavy (non-hydrogen) atoms. The number of rotatable bonds is 1. The van der Waals surface area contributed by atoms with Gasteiger partial charge in [0.2, 0.25) is 0 Å². The molecule has 0 bridgehead atoms. The lowest BCUT2D eigenvalue weighted by atomic mass is 9.85. The van der Waals surface area contributed by atoms with Gasteiger partial charge in [0.15, 0.2) is 0 Å². The van der Waals surface area contributed by atoms with E-state index in [4.69, 9.17) is 0 Å². The molecule has 0 aliphatic rings. The van der Waals surface area contributed by atoms with Gasteiger partial charge in [-0.1, -0.05) is 32.4 Å². The van der Waals surface area contributed by atoms with E-state index in [1.165, 1.54) is 11.1 Å². The molecule has 0 N–H and O–H groups in total. The molecule has 2 heterocycles. The van der Waals surface area contributed by atoms with Crippen molar-refractivity contribution in [2.75, 3.05) is 0 Å². The van der Waals surface area contributed by atoms with Crippen LogP contribution in [-0.4, -0.2) is 9.97 Å². The quantitative estimate of drug-likeness (QED) is 0.631. The Labute approximate surface area is 125 Å². The number of hydrogen-bond donors (Lipinski definition) is 0. The first kappa shape index (κ1) is 13.7. The molecule has 0 saturated heterocycles. The first-order chi connectivity index (χ1) is 9.93. The third-order valence-electron chi connectivity index (χ3n) is 3.73. The monoisotopic (exact) mass is 276 g/mol. The van der Waals surface area contributed by atoms with Gasteiger partial charge in [0, 0.05) is 23.3 Å². The topological polar surface area (TPSA) is 25.8 Å². The normalized spacial score (nSPS) is 11.8. The Morgan fingerprint density at radius 1 is 0.952 bits per heavy atom. The molecule has 2 nitrogen and oxygen atoms in total. The second-order valence-electron chi connectivity index (χ2n) is 6.60. The predicted octanol–water partition coefficient (Wildman–Crippen LogP) is 4.90. The fraction of sp³-hybridized carbons (Fsp3) is 0.263. The molecular formula is C19H20N2. The maximum Gasteiger partial charge on any atom is 0.0739 e. The number of aromatic nitrogens is 2. The Bertz CT molecular complexity index is 798. The molecule has 106 valence electrons.